The van der Waals surface area contributed by atoms with E-state index in [0.717, 1.165) is 90.9 Å². The minimum Gasteiger partial charge on any atom is -0.444 e. The highest BCUT2D eigenvalue weighted by atomic mass is 16.6. The van der Waals surface area contributed by atoms with Crippen molar-refractivity contribution in [3.8, 4) is 6.07 Å². The summed E-state index contributed by atoms with van der Waals surface area (Å²) in [6.07, 6.45) is 10.5. The third-order valence-corrected chi connectivity index (χ3v) is 8.04. The summed E-state index contributed by atoms with van der Waals surface area (Å²) in [5, 5.41) is 13.9. The molecule has 58 heavy (non-hydrogen) atoms. The molecular formula is C42H84N8O8. The fourth-order valence-electron chi connectivity index (χ4n) is 5.16. The van der Waals surface area contributed by atoms with Crippen LogP contribution in [0, 0.1) is 17.9 Å². The van der Waals surface area contributed by atoms with E-state index in [1.54, 1.807) is 0 Å². The zero-order valence-corrected chi connectivity index (χ0v) is 37.4. The van der Waals surface area contributed by atoms with Crippen molar-refractivity contribution in [2.45, 2.75) is 123 Å². The van der Waals surface area contributed by atoms with Crippen molar-refractivity contribution in [1.82, 2.24) is 20.4 Å². The number of unbranched alkanes of at least 4 members (excludes halogenated alkanes) is 7. The molecule has 0 heterocycles. The van der Waals surface area contributed by atoms with Gasteiger partial charge in [0.25, 0.3) is 0 Å². The zero-order valence-electron chi connectivity index (χ0n) is 37.4. The fourth-order valence-corrected chi connectivity index (χ4v) is 5.16. The molecular weight excluding hydrogens is 745 g/mol. The van der Waals surface area contributed by atoms with Gasteiger partial charge in [0, 0.05) is 39.0 Å². The maximum Gasteiger partial charge on any atom is 0.407 e. The van der Waals surface area contributed by atoms with Crippen LogP contribution in [-0.4, -0.2) is 158 Å². The van der Waals surface area contributed by atoms with Crippen LogP contribution in [-0.2, 0) is 28.4 Å². The quantitative estimate of drug-likeness (QED) is 0.0466. The number of nitrogens with zero attached hydrogens (tertiary/aromatic N) is 4. The highest BCUT2D eigenvalue weighted by molar-refractivity contribution is 5.67. The van der Waals surface area contributed by atoms with Crippen LogP contribution in [0.1, 0.15) is 112 Å². The van der Waals surface area contributed by atoms with Gasteiger partial charge in [-0.1, -0.05) is 12.8 Å². The standard InChI is InChI=1S/C21H38N4O4.C21H46N4O4/c1-21(2,3)29-20(26)24-12-16-27-18-19-28-17-15-25(13-8-5-6-10-22)14-9-7-11-23-4;1-21(2,3)29-20(26)24-12-16-27-18-19-28-17-15-25(13-8-4-6-10-22)14-9-5-7-11-23/h5-9,11-19H2,1-3H3,(H,24,26);4-19,22-23H2,1-3H3,(H,24,26). The Balaban J connectivity index is 0. The van der Waals surface area contributed by atoms with Gasteiger partial charge in [-0.3, -0.25) is 0 Å². The van der Waals surface area contributed by atoms with Crippen LogP contribution in [0.4, 0.5) is 9.59 Å². The molecule has 0 atom stereocenters. The molecule has 0 unspecified atom stereocenters. The van der Waals surface area contributed by atoms with E-state index in [2.05, 4.69) is 31.3 Å². The van der Waals surface area contributed by atoms with Crippen molar-refractivity contribution in [3.05, 3.63) is 11.4 Å². The van der Waals surface area contributed by atoms with Gasteiger partial charge in [-0.2, -0.15) is 5.26 Å². The molecule has 16 heteroatoms. The molecule has 0 aliphatic carbocycles. The number of hydrogen-bond donors (Lipinski definition) is 4. The molecule has 340 valence electrons. The molecule has 0 aromatic rings. The van der Waals surface area contributed by atoms with Gasteiger partial charge in [0.1, 0.15) is 11.2 Å². The van der Waals surface area contributed by atoms with Crippen LogP contribution in [0.3, 0.4) is 0 Å². The van der Waals surface area contributed by atoms with Crippen LogP contribution < -0.4 is 22.1 Å². The number of nitrogens with one attached hydrogen (secondary N) is 2. The lowest BCUT2D eigenvalue weighted by Crippen LogP contribution is -2.34. The van der Waals surface area contributed by atoms with E-state index in [-0.39, 0.29) is 0 Å². The average molecular weight is 829 g/mol. The summed E-state index contributed by atoms with van der Waals surface area (Å²) in [5.74, 6) is 0. The SMILES string of the molecule is CC(C)(C)OC(=O)NCCOCCOCCN(CCCCCN)CCCCCN.[C-]#[N+]CCCCN(CCCCC#N)CCOCCOCCNC(=O)OC(C)(C)C. The van der Waals surface area contributed by atoms with Crippen LogP contribution >= 0.6 is 0 Å². The smallest absolute Gasteiger partial charge is 0.407 e. The zero-order chi connectivity index (χ0) is 43.6. The first-order valence-electron chi connectivity index (χ1n) is 21.6. The summed E-state index contributed by atoms with van der Waals surface area (Å²) in [4.78, 5) is 31.2. The minimum absolute atomic E-state index is 0.399. The molecule has 0 aromatic carbocycles. The molecule has 0 spiro atoms. The van der Waals surface area contributed by atoms with E-state index >= 15 is 0 Å². The molecule has 0 fully saturated rings. The molecule has 0 aliphatic heterocycles. The van der Waals surface area contributed by atoms with E-state index in [0.29, 0.717) is 78.9 Å². The lowest BCUT2D eigenvalue weighted by Gasteiger charge is -2.22. The number of carbonyl (C=O) groups is 2. The van der Waals surface area contributed by atoms with Gasteiger partial charge >= 0.3 is 12.2 Å². The summed E-state index contributed by atoms with van der Waals surface area (Å²) in [6, 6.07) is 2.18. The second kappa shape index (κ2) is 41.0. The number of alkyl carbamates (subject to hydrolysis) is 2. The van der Waals surface area contributed by atoms with Gasteiger partial charge in [0.05, 0.1) is 58.9 Å². The Labute approximate surface area is 352 Å². The Morgan fingerprint density at radius 1 is 0.569 bits per heavy atom. The summed E-state index contributed by atoms with van der Waals surface area (Å²) < 4.78 is 32.5. The number of carbonyl (C=O) groups excluding carboxylic acids is 2. The van der Waals surface area contributed by atoms with Crippen LogP contribution in [0.2, 0.25) is 0 Å². The first kappa shape index (κ1) is 57.3. The molecule has 0 bridgehead atoms. The Kier molecular flexibility index (Phi) is 40.5. The van der Waals surface area contributed by atoms with E-state index in [4.69, 9.17) is 51.7 Å². The van der Waals surface area contributed by atoms with Gasteiger partial charge in [-0.15, -0.1) is 0 Å². The fraction of sp³-hybridized carbons (Fsp3) is 0.905. The van der Waals surface area contributed by atoms with Crippen molar-refractivity contribution in [2.24, 2.45) is 11.5 Å². The Morgan fingerprint density at radius 3 is 1.31 bits per heavy atom. The lowest BCUT2D eigenvalue weighted by molar-refractivity contribution is 0.0339. The molecule has 6 N–H and O–H groups in total. The Hall–Kier alpha value is -2.80. The molecule has 0 radical (unpaired) electrons. The molecule has 16 nitrogen and oxygen atoms in total. The van der Waals surface area contributed by atoms with Gasteiger partial charge < -0.3 is 65.2 Å². The molecule has 0 aromatic heterocycles. The maximum absolute atomic E-state index is 11.5. The minimum atomic E-state index is -0.501. The predicted octanol–water partition coefficient (Wildman–Crippen LogP) is 5.34. The Bertz CT molecular complexity index is 997. The third kappa shape index (κ3) is 47.6. The van der Waals surface area contributed by atoms with Crippen molar-refractivity contribution >= 4 is 12.2 Å². The normalized spacial score (nSPS) is 11.4. The molecule has 2 amide bonds. The monoisotopic (exact) mass is 829 g/mol. The van der Waals surface area contributed by atoms with Crippen LogP contribution in [0.15, 0.2) is 0 Å². The van der Waals surface area contributed by atoms with Crippen molar-refractivity contribution < 1.29 is 38.0 Å². The molecule has 0 rings (SSSR count). The lowest BCUT2D eigenvalue weighted by atomic mass is 10.2. The number of amides is 2. The largest absolute Gasteiger partial charge is 0.444 e. The van der Waals surface area contributed by atoms with Crippen LogP contribution in [0.5, 0.6) is 0 Å². The number of rotatable bonds is 36. The predicted molar refractivity (Wildman–Crippen MR) is 231 cm³/mol. The van der Waals surface area contributed by atoms with Crippen LogP contribution in [0.25, 0.3) is 4.85 Å². The molecule has 0 aliphatic rings. The summed E-state index contributed by atoms with van der Waals surface area (Å²) >= 11 is 0. The van der Waals surface area contributed by atoms with E-state index < -0.39 is 23.4 Å². The highest BCUT2D eigenvalue weighted by Crippen LogP contribution is 2.07. The Morgan fingerprint density at radius 2 is 0.948 bits per heavy atom. The van der Waals surface area contributed by atoms with Gasteiger partial charge in [0.15, 0.2) is 0 Å². The summed E-state index contributed by atoms with van der Waals surface area (Å²) in [6.45, 7) is 30.9. The second-order valence-corrected chi connectivity index (χ2v) is 15.9. The summed E-state index contributed by atoms with van der Waals surface area (Å²) in [7, 11) is 0. The average Bonchev–Trinajstić information content (AvgIpc) is 3.15. The summed E-state index contributed by atoms with van der Waals surface area (Å²) in [5.41, 5.74) is 10.2. The first-order valence-corrected chi connectivity index (χ1v) is 21.6. The second-order valence-electron chi connectivity index (χ2n) is 15.9. The van der Waals surface area contributed by atoms with Crippen molar-refractivity contribution in [3.63, 3.8) is 0 Å². The van der Waals surface area contributed by atoms with E-state index in [1.807, 2.05) is 41.5 Å². The van der Waals surface area contributed by atoms with E-state index in [9.17, 15) is 9.59 Å². The van der Waals surface area contributed by atoms with Gasteiger partial charge in [-0.25, -0.2) is 16.2 Å². The van der Waals surface area contributed by atoms with E-state index in [1.165, 1.54) is 25.7 Å². The number of nitrogens with two attached hydrogens (primary N) is 2. The van der Waals surface area contributed by atoms with Gasteiger partial charge in [0.2, 0.25) is 6.54 Å². The highest BCUT2D eigenvalue weighted by Gasteiger charge is 2.16. The van der Waals surface area contributed by atoms with Gasteiger partial charge in [-0.05, 0) is 126 Å². The topological polar surface area (TPSA) is 200 Å². The molecule has 0 saturated carbocycles. The van der Waals surface area contributed by atoms with Crippen molar-refractivity contribution in [2.75, 3.05) is 125 Å². The maximum atomic E-state index is 11.5. The number of nitriles is 1. The van der Waals surface area contributed by atoms with Crippen molar-refractivity contribution in [1.29, 1.82) is 5.26 Å². The number of ether oxygens (including phenoxy) is 6. The third-order valence-electron chi connectivity index (χ3n) is 8.04. The first-order chi connectivity index (χ1) is 27.8. The number of hydrogen-bond acceptors (Lipinski definition) is 13. The molecule has 0 saturated heterocycles.